The van der Waals surface area contributed by atoms with Gasteiger partial charge in [0.2, 0.25) is 0 Å². The van der Waals surface area contributed by atoms with Crippen molar-refractivity contribution < 1.29 is 38.0 Å². The molecule has 10 N–H and O–H groups in total. The predicted molar refractivity (Wildman–Crippen MR) is 308 cm³/mol. The summed E-state index contributed by atoms with van der Waals surface area (Å²) in [5.41, 5.74) is 13.6. The quantitative estimate of drug-likeness (QED) is 0.0150. The fraction of sp³-hybridized carbons (Fsp3) is 0.500. The molecule has 18 heteroatoms. The maximum atomic E-state index is 11.8. The van der Waals surface area contributed by atoms with Crippen LogP contribution < -0.4 is 41.0 Å². The fourth-order valence-electron chi connectivity index (χ4n) is 8.88. The summed E-state index contributed by atoms with van der Waals surface area (Å²) in [6.45, 7) is 17.7. The van der Waals surface area contributed by atoms with Crippen LogP contribution in [0, 0.1) is 45.3 Å². The normalized spacial score (nSPS) is 14.1. The first-order chi connectivity index (χ1) is 37.6. The number of benzene rings is 4. The van der Waals surface area contributed by atoms with E-state index in [2.05, 4.69) is 20.4 Å². The number of hydrogen-bond donors (Lipinski definition) is 8. The van der Waals surface area contributed by atoms with Crippen molar-refractivity contribution in [3.05, 3.63) is 119 Å². The van der Waals surface area contributed by atoms with Gasteiger partial charge in [-0.05, 0) is 211 Å². The Bertz CT molecular complexity index is 2270. The number of nitrogens with one attached hydrogen (secondary N) is 6. The van der Waals surface area contributed by atoms with E-state index in [-0.39, 0.29) is 35.2 Å². The van der Waals surface area contributed by atoms with Gasteiger partial charge < -0.3 is 49.7 Å². The molecule has 0 unspecified atom stereocenters. The third-order valence-corrected chi connectivity index (χ3v) is 13.4. The van der Waals surface area contributed by atoms with E-state index in [1.54, 1.807) is 24.3 Å². The number of carbonyl (C=O) groups excluding carboxylic acids is 2. The van der Waals surface area contributed by atoms with Crippen LogP contribution >= 0.6 is 0 Å². The van der Waals surface area contributed by atoms with Gasteiger partial charge in [0.15, 0.2) is 0 Å². The van der Waals surface area contributed by atoms with Crippen molar-refractivity contribution in [3.63, 3.8) is 0 Å². The second kappa shape index (κ2) is 33.9. The van der Waals surface area contributed by atoms with Gasteiger partial charge >= 0.3 is 12.2 Å². The Hall–Kier alpha value is -7.18. The third-order valence-electron chi connectivity index (χ3n) is 13.4. The highest BCUT2D eigenvalue weighted by Crippen LogP contribution is 2.25. The van der Waals surface area contributed by atoms with Gasteiger partial charge in [-0.1, -0.05) is 27.7 Å². The predicted octanol–water partition coefficient (Wildman–Crippen LogP) is 10.0. The van der Waals surface area contributed by atoms with Crippen LogP contribution in [0.15, 0.2) is 97.1 Å². The number of ether oxygens (including phenoxy) is 6. The number of nitrogens with two attached hydrogens (primary N) is 2. The second-order valence-electron chi connectivity index (χ2n) is 20.9. The van der Waals surface area contributed by atoms with E-state index >= 15 is 0 Å². The number of hydrogen-bond acceptors (Lipinski definition) is 14. The summed E-state index contributed by atoms with van der Waals surface area (Å²) in [7, 11) is 0. The molecule has 0 saturated carbocycles. The minimum Gasteiger partial charge on any atom is -0.494 e. The van der Waals surface area contributed by atoms with Crippen molar-refractivity contribution in [1.29, 1.82) is 21.6 Å². The molecule has 18 nitrogen and oxygen atoms in total. The number of carbonyl (C=O) groups is 2. The summed E-state index contributed by atoms with van der Waals surface area (Å²) in [4.78, 5) is 28.6. The minimum absolute atomic E-state index is 0.000126. The molecule has 424 valence electrons. The van der Waals surface area contributed by atoms with Crippen LogP contribution in [0.4, 0.5) is 9.59 Å². The molecule has 4 aromatic rings. The molecule has 0 aliphatic carbocycles. The summed E-state index contributed by atoms with van der Waals surface area (Å²) in [6, 6.07) is 29.1. The lowest BCUT2D eigenvalue weighted by Gasteiger charge is -2.32. The number of nitrogens with zero attached hydrogens (tertiary/aromatic N) is 2. The summed E-state index contributed by atoms with van der Waals surface area (Å²) in [5, 5.41) is 35.9. The standard InChI is InChI=1S/C35H51N5O6.C25H35N5O2/c1-25(2)23-45-34(41)38-32(36)28-8-12-30(13-9-28)43-21-5-7-27-16-19-40(20-17-27)18-6-22-44-31-14-10-29(11-15-31)33(37)39-35(42)46-24-26(3)4;26-24(27)20-4-8-22(9-5-20)31-17-1-3-19-12-15-30(16-13-19)14-2-18-32-23-10-6-21(7-11-23)25(28)29/h8-15,25-27H,5-7,16-24H2,1-4H3,(H2,36,38,41)(H2,37,39,42);4-11,19H,1-3,12-18H2,(H3,26,27)(H3,28,29). The number of nitrogen functional groups attached to an aromatic ring is 2. The van der Waals surface area contributed by atoms with Gasteiger partial charge in [-0.25, -0.2) is 9.59 Å². The maximum Gasteiger partial charge on any atom is 0.412 e. The first kappa shape index (κ1) is 61.7. The van der Waals surface area contributed by atoms with E-state index in [1.807, 2.05) is 100 Å². The monoisotopic (exact) mass is 1070 g/mol. The molecule has 78 heavy (non-hydrogen) atoms. The van der Waals surface area contributed by atoms with Crippen molar-refractivity contribution in [3.8, 4) is 23.0 Å². The Morgan fingerprint density at radius 2 is 0.756 bits per heavy atom. The van der Waals surface area contributed by atoms with E-state index < -0.39 is 12.2 Å². The van der Waals surface area contributed by atoms with Crippen LogP contribution in [0.5, 0.6) is 23.0 Å². The van der Waals surface area contributed by atoms with Crippen LogP contribution in [0.1, 0.15) is 114 Å². The Kier molecular flexibility index (Phi) is 26.8. The van der Waals surface area contributed by atoms with Gasteiger partial charge in [0.1, 0.15) is 46.3 Å². The fourth-order valence-corrected chi connectivity index (χ4v) is 8.88. The molecule has 0 atom stereocenters. The number of alkyl carbamates (subject to hydrolysis) is 2. The lowest BCUT2D eigenvalue weighted by atomic mass is 9.92. The summed E-state index contributed by atoms with van der Waals surface area (Å²) in [5.74, 6) is 5.28. The highest BCUT2D eigenvalue weighted by molar-refractivity contribution is 6.05. The van der Waals surface area contributed by atoms with E-state index in [9.17, 15) is 9.59 Å². The summed E-state index contributed by atoms with van der Waals surface area (Å²) < 4.78 is 33.6. The smallest absolute Gasteiger partial charge is 0.412 e. The zero-order valence-electron chi connectivity index (χ0n) is 46.4. The molecule has 2 aliphatic rings. The first-order valence-electron chi connectivity index (χ1n) is 27.7. The van der Waals surface area contributed by atoms with Gasteiger partial charge in [0.05, 0.1) is 39.6 Å². The van der Waals surface area contributed by atoms with Gasteiger partial charge in [-0.15, -0.1) is 0 Å². The molecule has 0 radical (unpaired) electrons. The zero-order chi connectivity index (χ0) is 56.1. The van der Waals surface area contributed by atoms with Crippen LogP contribution in [0.25, 0.3) is 0 Å². The van der Waals surface area contributed by atoms with Crippen LogP contribution in [-0.4, -0.2) is 124 Å². The van der Waals surface area contributed by atoms with Crippen molar-refractivity contribution in [2.75, 3.05) is 78.9 Å². The molecule has 0 spiro atoms. The number of rotatable bonds is 28. The Morgan fingerprint density at radius 1 is 0.474 bits per heavy atom. The molecule has 0 bridgehead atoms. The largest absolute Gasteiger partial charge is 0.494 e. The van der Waals surface area contributed by atoms with Crippen molar-refractivity contribution in [2.24, 2.45) is 35.1 Å². The summed E-state index contributed by atoms with van der Waals surface area (Å²) in [6.07, 6.45) is 10.0. The Balaban J connectivity index is 0.000000306. The van der Waals surface area contributed by atoms with E-state index in [4.69, 9.17) is 61.5 Å². The van der Waals surface area contributed by atoms with Crippen LogP contribution in [0.3, 0.4) is 0 Å². The molecule has 2 fully saturated rings. The third kappa shape index (κ3) is 24.0. The molecule has 2 aliphatic heterocycles. The number of likely N-dealkylation sites (tertiary alicyclic amines) is 2. The second-order valence-corrected chi connectivity index (χ2v) is 20.9. The zero-order valence-corrected chi connectivity index (χ0v) is 46.4. The Morgan fingerprint density at radius 3 is 1.04 bits per heavy atom. The molecule has 4 aromatic carbocycles. The molecule has 2 heterocycles. The molecule has 2 saturated heterocycles. The lowest BCUT2D eigenvalue weighted by Crippen LogP contribution is -2.35. The molecule has 6 rings (SSSR count). The molecular weight excluding hydrogens is 989 g/mol. The lowest BCUT2D eigenvalue weighted by molar-refractivity contribution is 0.137. The van der Waals surface area contributed by atoms with E-state index in [0.29, 0.717) is 50.1 Å². The number of amides is 2. The number of piperidine rings is 2. The van der Waals surface area contributed by atoms with Gasteiger partial charge in [0, 0.05) is 35.3 Å². The average molecular weight is 1080 g/mol. The van der Waals surface area contributed by atoms with Gasteiger partial charge in [-0.2, -0.15) is 0 Å². The van der Waals surface area contributed by atoms with Crippen LogP contribution in [-0.2, 0) is 9.47 Å². The average Bonchev–Trinajstić information content (AvgIpc) is 3.44. The summed E-state index contributed by atoms with van der Waals surface area (Å²) >= 11 is 0. The van der Waals surface area contributed by atoms with Gasteiger partial charge in [0.25, 0.3) is 0 Å². The van der Waals surface area contributed by atoms with E-state index in [0.717, 1.165) is 118 Å². The SMILES string of the molecule is CC(C)COC(=O)NC(=N)c1ccc(OCCCC2CCN(CCCOc3ccc(C(=N)NC(=O)OCC(C)C)cc3)CC2)cc1.N=C(N)c1ccc(OCCCC2CCN(CCCOc3ccc(C(=N)N)cc3)CC2)cc1. The van der Waals surface area contributed by atoms with Crippen molar-refractivity contribution >= 4 is 35.5 Å². The maximum absolute atomic E-state index is 11.8. The van der Waals surface area contributed by atoms with Gasteiger partial charge in [-0.3, -0.25) is 32.3 Å². The van der Waals surface area contributed by atoms with Crippen molar-refractivity contribution in [1.82, 2.24) is 20.4 Å². The first-order valence-corrected chi connectivity index (χ1v) is 27.7. The van der Waals surface area contributed by atoms with Crippen LogP contribution in [0.2, 0.25) is 0 Å². The minimum atomic E-state index is -0.618. The number of amidine groups is 4. The highest BCUT2D eigenvalue weighted by Gasteiger charge is 2.20. The topological polar surface area (TPSA) is 267 Å². The molecule has 0 aromatic heterocycles. The van der Waals surface area contributed by atoms with E-state index in [1.165, 1.54) is 32.1 Å². The molecular formula is C60H86N10O8. The van der Waals surface area contributed by atoms with Crippen molar-refractivity contribution in [2.45, 2.75) is 91.9 Å². The molecule has 2 amide bonds. The Labute approximate surface area is 462 Å². The highest BCUT2D eigenvalue weighted by atomic mass is 16.6.